The van der Waals surface area contributed by atoms with Crippen molar-refractivity contribution in [1.29, 1.82) is 0 Å². The van der Waals surface area contributed by atoms with E-state index in [1.807, 2.05) is 43.5 Å². The number of nitrogens with zero attached hydrogens (tertiary/aromatic N) is 2. The van der Waals surface area contributed by atoms with Crippen LogP contribution in [-0.2, 0) is 17.7 Å². The third-order valence-electron chi connectivity index (χ3n) is 3.32. The number of para-hydroxylation sites is 1. The third-order valence-corrected chi connectivity index (χ3v) is 3.32. The summed E-state index contributed by atoms with van der Waals surface area (Å²) >= 11 is 0. The average Bonchev–Trinajstić information content (AvgIpc) is 2.86. The zero-order valence-electron chi connectivity index (χ0n) is 13.0. The maximum Gasteiger partial charge on any atom is 0.319 e. The van der Waals surface area contributed by atoms with Crippen molar-refractivity contribution in [3.8, 4) is 0 Å². The lowest BCUT2D eigenvalue weighted by Gasteiger charge is -2.10. The van der Waals surface area contributed by atoms with Gasteiger partial charge in [0.2, 0.25) is 0 Å². The Labute approximate surface area is 130 Å². The van der Waals surface area contributed by atoms with Gasteiger partial charge in [0.15, 0.2) is 0 Å². The molecule has 6 nitrogen and oxygen atoms in total. The quantitative estimate of drug-likeness (QED) is 0.824. The molecule has 6 heteroatoms. The van der Waals surface area contributed by atoms with Gasteiger partial charge in [0.1, 0.15) is 5.82 Å². The fourth-order valence-corrected chi connectivity index (χ4v) is 2.18. The number of nitrogens with one attached hydrogen (secondary N) is 2. The molecular formula is C16H22N4O2. The molecule has 1 aromatic carbocycles. The summed E-state index contributed by atoms with van der Waals surface area (Å²) in [4.78, 5) is 16.2. The molecule has 2 rings (SSSR count). The molecule has 0 saturated carbocycles. The molecule has 0 fully saturated rings. The van der Waals surface area contributed by atoms with Gasteiger partial charge in [-0.25, -0.2) is 9.78 Å². The predicted molar refractivity (Wildman–Crippen MR) is 86.0 cm³/mol. The predicted octanol–water partition coefficient (Wildman–Crippen LogP) is 2.20. The number of hydrogen-bond donors (Lipinski definition) is 2. The number of aromatic nitrogens is 2. The standard InChI is InChI=1S/C16H22N4O2/c1-13-12-18-15(20(13)10-11-22-2)8-9-17-16(21)19-14-6-4-3-5-7-14/h3-7,12H,8-11H2,1-2H3,(H2,17,19,21). The van der Waals surface area contributed by atoms with E-state index in [1.165, 1.54) is 0 Å². The molecule has 0 atom stereocenters. The number of urea groups is 1. The summed E-state index contributed by atoms with van der Waals surface area (Å²) in [6, 6.07) is 9.15. The minimum absolute atomic E-state index is 0.210. The van der Waals surface area contributed by atoms with Gasteiger partial charge in [0.25, 0.3) is 0 Å². The maximum atomic E-state index is 11.8. The van der Waals surface area contributed by atoms with Crippen molar-refractivity contribution in [3.05, 3.63) is 48.0 Å². The van der Waals surface area contributed by atoms with Crippen molar-refractivity contribution in [2.24, 2.45) is 0 Å². The van der Waals surface area contributed by atoms with Crippen molar-refractivity contribution < 1.29 is 9.53 Å². The van der Waals surface area contributed by atoms with Gasteiger partial charge in [-0.05, 0) is 19.1 Å². The highest BCUT2D eigenvalue weighted by Crippen LogP contribution is 2.06. The zero-order chi connectivity index (χ0) is 15.8. The minimum Gasteiger partial charge on any atom is -0.383 e. The molecule has 2 N–H and O–H groups in total. The molecule has 0 aliphatic carbocycles. The first-order valence-corrected chi connectivity index (χ1v) is 7.30. The van der Waals surface area contributed by atoms with Crippen molar-refractivity contribution >= 4 is 11.7 Å². The molecule has 118 valence electrons. The van der Waals surface area contributed by atoms with Crippen molar-refractivity contribution in [3.63, 3.8) is 0 Å². The summed E-state index contributed by atoms with van der Waals surface area (Å²) < 4.78 is 7.22. The average molecular weight is 302 g/mol. The van der Waals surface area contributed by atoms with Crippen LogP contribution in [0.3, 0.4) is 0 Å². The second kappa shape index (κ2) is 8.19. The number of imidazole rings is 1. The van der Waals surface area contributed by atoms with Gasteiger partial charge >= 0.3 is 6.03 Å². The number of anilines is 1. The number of hydrogen-bond acceptors (Lipinski definition) is 3. The Hall–Kier alpha value is -2.34. The lowest BCUT2D eigenvalue weighted by atomic mass is 10.3. The lowest BCUT2D eigenvalue weighted by Crippen LogP contribution is -2.31. The van der Waals surface area contributed by atoms with E-state index in [9.17, 15) is 4.79 Å². The summed E-state index contributed by atoms with van der Waals surface area (Å²) in [5.41, 5.74) is 1.87. The molecule has 2 aromatic rings. The van der Waals surface area contributed by atoms with E-state index in [0.29, 0.717) is 19.6 Å². The first-order valence-electron chi connectivity index (χ1n) is 7.30. The van der Waals surface area contributed by atoms with Gasteiger partial charge in [-0.2, -0.15) is 0 Å². The highest BCUT2D eigenvalue weighted by atomic mass is 16.5. The Kier molecular flexibility index (Phi) is 5.97. The Bertz CT molecular complexity index is 595. The van der Waals surface area contributed by atoms with Crippen LogP contribution >= 0.6 is 0 Å². The van der Waals surface area contributed by atoms with Crippen molar-refractivity contribution in [2.75, 3.05) is 25.6 Å². The normalized spacial score (nSPS) is 10.5. The van der Waals surface area contributed by atoms with Crippen LogP contribution in [0.4, 0.5) is 10.5 Å². The number of carbonyl (C=O) groups excluding carboxylic acids is 1. The highest BCUT2D eigenvalue weighted by Gasteiger charge is 2.07. The number of benzene rings is 1. The fourth-order valence-electron chi connectivity index (χ4n) is 2.18. The van der Waals surface area contributed by atoms with Gasteiger partial charge in [0, 0.05) is 44.2 Å². The van der Waals surface area contributed by atoms with E-state index >= 15 is 0 Å². The molecule has 0 spiro atoms. The van der Waals surface area contributed by atoms with Crippen LogP contribution in [-0.4, -0.2) is 35.8 Å². The summed E-state index contributed by atoms with van der Waals surface area (Å²) in [7, 11) is 1.68. The molecule has 1 aromatic heterocycles. The van der Waals surface area contributed by atoms with Crippen molar-refractivity contribution in [2.45, 2.75) is 19.9 Å². The van der Waals surface area contributed by atoms with Crippen LogP contribution in [0.2, 0.25) is 0 Å². The van der Waals surface area contributed by atoms with E-state index in [4.69, 9.17) is 4.74 Å². The van der Waals surface area contributed by atoms with E-state index in [0.717, 1.165) is 23.8 Å². The van der Waals surface area contributed by atoms with Crippen LogP contribution in [0, 0.1) is 6.92 Å². The zero-order valence-corrected chi connectivity index (χ0v) is 13.0. The van der Waals surface area contributed by atoms with Crippen molar-refractivity contribution in [1.82, 2.24) is 14.9 Å². The van der Waals surface area contributed by atoms with Gasteiger partial charge in [-0.15, -0.1) is 0 Å². The maximum absolute atomic E-state index is 11.8. The number of carbonyl (C=O) groups is 1. The highest BCUT2D eigenvalue weighted by molar-refractivity contribution is 5.89. The van der Waals surface area contributed by atoms with Crippen LogP contribution in [0.1, 0.15) is 11.5 Å². The number of methoxy groups -OCH3 is 1. The molecule has 1 heterocycles. The third kappa shape index (κ3) is 4.60. The van der Waals surface area contributed by atoms with Gasteiger partial charge in [0.05, 0.1) is 6.61 Å². The Morgan fingerprint density at radius 1 is 1.32 bits per heavy atom. The largest absolute Gasteiger partial charge is 0.383 e. The Balaban J connectivity index is 1.80. The number of amides is 2. The number of rotatable bonds is 7. The van der Waals surface area contributed by atoms with Crippen LogP contribution in [0.15, 0.2) is 36.5 Å². The molecule has 0 saturated heterocycles. The van der Waals surface area contributed by atoms with E-state index < -0.39 is 0 Å². The molecule has 0 aliphatic heterocycles. The number of aryl methyl sites for hydroxylation is 1. The number of ether oxygens (including phenoxy) is 1. The van der Waals surface area contributed by atoms with Gasteiger partial charge in [-0.1, -0.05) is 18.2 Å². The lowest BCUT2D eigenvalue weighted by molar-refractivity contribution is 0.185. The molecule has 0 unspecified atom stereocenters. The molecule has 0 bridgehead atoms. The summed E-state index contributed by atoms with van der Waals surface area (Å²) in [5, 5.41) is 5.62. The molecule has 22 heavy (non-hydrogen) atoms. The smallest absolute Gasteiger partial charge is 0.319 e. The molecule has 0 radical (unpaired) electrons. The topological polar surface area (TPSA) is 68.2 Å². The van der Waals surface area contributed by atoms with Gasteiger partial charge in [-0.3, -0.25) is 0 Å². The first-order chi connectivity index (χ1) is 10.7. The molecule has 0 aliphatic rings. The minimum atomic E-state index is -0.210. The van der Waals surface area contributed by atoms with Crippen LogP contribution < -0.4 is 10.6 Å². The van der Waals surface area contributed by atoms with E-state index in [-0.39, 0.29) is 6.03 Å². The van der Waals surface area contributed by atoms with E-state index in [1.54, 1.807) is 7.11 Å². The van der Waals surface area contributed by atoms with E-state index in [2.05, 4.69) is 20.2 Å². The summed E-state index contributed by atoms with van der Waals surface area (Å²) in [6.45, 7) is 3.96. The monoisotopic (exact) mass is 302 g/mol. The Morgan fingerprint density at radius 2 is 2.09 bits per heavy atom. The Morgan fingerprint density at radius 3 is 2.82 bits per heavy atom. The summed E-state index contributed by atoms with van der Waals surface area (Å²) in [6.07, 6.45) is 2.52. The fraction of sp³-hybridized carbons (Fsp3) is 0.375. The van der Waals surface area contributed by atoms with Crippen LogP contribution in [0.5, 0.6) is 0 Å². The van der Waals surface area contributed by atoms with Crippen LogP contribution in [0.25, 0.3) is 0 Å². The second-order valence-electron chi connectivity index (χ2n) is 4.96. The molecule has 2 amide bonds. The van der Waals surface area contributed by atoms with Gasteiger partial charge < -0.3 is 19.9 Å². The summed E-state index contributed by atoms with van der Waals surface area (Å²) in [5.74, 6) is 0.953. The SMILES string of the molecule is COCCn1c(C)cnc1CCNC(=O)Nc1ccccc1. The second-order valence-corrected chi connectivity index (χ2v) is 4.96. The first kappa shape index (κ1) is 16.0. The molecular weight excluding hydrogens is 280 g/mol.